The standard InChI is InChI=1S/C10H15ClN2O/c1-7(14-2)6-13-9-5-3-4-8(11)10(9)12/h3-5,7,13H,6,12H2,1-2H3. The highest BCUT2D eigenvalue weighted by molar-refractivity contribution is 6.33. The molecule has 3 nitrogen and oxygen atoms in total. The zero-order chi connectivity index (χ0) is 10.6. The van der Waals surface area contributed by atoms with Crippen LogP contribution in [0.25, 0.3) is 0 Å². The summed E-state index contributed by atoms with van der Waals surface area (Å²) in [6.07, 6.45) is 0.147. The first-order valence-corrected chi connectivity index (χ1v) is 4.83. The monoisotopic (exact) mass is 214 g/mol. The Balaban J connectivity index is 2.63. The molecule has 0 bridgehead atoms. The van der Waals surface area contributed by atoms with Gasteiger partial charge in [0.15, 0.2) is 0 Å². The number of nitrogens with one attached hydrogen (secondary N) is 1. The van der Waals surface area contributed by atoms with Gasteiger partial charge in [0.25, 0.3) is 0 Å². The second-order valence-electron chi connectivity index (χ2n) is 3.13. The number of nitrogen functional groups attached to an aromatic ring is 1. The Morgan fingerprint density at radius 3 is 2.93 bits per heavy atom. The number of nitrogens with two attached hydrogens (primary N) is 1. The average molecular weight is 215 g/mol. The van der Waals surface area contributed by atoms with Gasteiger partial charge in [-0.05, 0) is 19.1 Å². The minimum Gasteiger partial charge on any atom is -0.396 e. The molecule has 0 fully saturated rings. The van der Waals surface area contributed by atoms with Crippen molar-refractivity contribution >= 4 is 23.0 Å². The van der Waals surface area contributed by atoms with Crippen LogP contribution in [0.15, 0.2) is 18.2 Å². The van der Waals surface area contributed by atoms with Crippen molar-refractivity contribution in [2.45, 2.75) is 13.0 Å². The lowest BCUT2D eigenvalue weighted by Gasteiger charge is -2.13. The first-order chi connectivity index (χ1) is 6.65. The molecule has 0 radical (unpaired) electrons. The fourth-order valence-electron chi connectivity index (χ4n) is 1.03. The van der Waals surface area contributed by atoms with E-state index in [1.807, 2.05) is 19.1 Å². The molecule has 0 amide bonds. The molecule has 0 saturated heterocycles. The Bertz CT molecular complexity index is 304. The summed E-state index contributed by atoms with van der Waals surface area (Å²) in [6, 6.07) is 5.52. The van der Waals surface area contributed by atoms with Crippen LogP contribution in [0.1, 0.15) is 6.92 Å². The number of rotatable bonds is 4. The topological polar surface area (TPSA) is 47.3 Å². The molecule has 0 spiro atoms. The lowest BCUT2D eigenvalue weighted by Crippen LogP contribution is -2.18. The minimum atomic E-state index is 0.147. The van der Waals surface area contributed by atoms with E-state index in [1.54, 1.807) is 13.2 Å². The molecule has 0 saturated carbocycles. The van der Waals surface area contributed by atoms with E-state index in [0.717, 1.165) is 5.69 Å². The van der Waals surface area contributed by atoms with Crippen molar-refractivity contribution in [1.29, 1.82) is 0 Å². The molecule has 0 aliphatic carbocycles. The molecule has 0 aliphatic rings. The van der Waals surface area contributed by atoms with Crippen molar-refractivity contribution in [3.8, 4) is 0 Å². The van der Waals surface area contributed by atoms with E-state index >= 15 is 0 Å². The van der Waals surface area contributed by atoms with Crippen LogP contribution in [0.4, 0.5) is 11.4 Å². The summed E-state index contributed by atoms with van der Waals surface area (Å²) >= 11 is 5.87. The van der Waals surface area contributed by atoms with Crippen molar-refractivity contribution in [1.82, 2.24) is 0 Å². The lowest BCUT2D eigenvalue weighted by atomic mass is 10.2. The van der Waals surface area contributed by atoms with E-state index in [2.05, 4.69) is 5.32 Å². The molecule has 0 aliphatic heterocycles. The second-order valence-corrected chi connectivity index (χ2v) is 3.54. The van der Waals surface area contributed by atoms with E-state index in [9.17, 15) is 0 Å². The molecular formula is C10H15ClN2O. The highest BCUT2D eigenvalue weighted by Gasteiger charge is 2.04. The zero-order valence-corrected chi connectivity index (χ0v) is 9.14. The zero-order valence-electron chi connectivity index (χ0n) is 8.38. The molecule has 3 N–H and O–H groups in total. The minimum absolute atomic E-state index is 0.147. The van der Waals surface area contributed by atoms with Gasteiger partial charge in [0.2, 0.25) is 0 Å². The van der Waals surface area contributed by atoms with E-state index in [0.29, 0.717) is 17.3 Å². The normalized spacial score (nSPS) is 12.5. The van der Waals surface area contributed by atoms with Gasteiger partial charge in [-0.25, -0.2) is 0 Å². The van der Waals surface area contributed by atoms with Crippen LogP contribution in [0.2, 0.25) is 5.02 Å². The smallest absolute Gasteiger partial charge is 0.0739 e. The molecule has 0 heterocycles. The van der Waals surface area contributed by atoms with Crippen molar-refractivity contribution in [2.75, 3.05) is 24.7 Å². The van der Waals surface area contributed by atoms with Crippen molar-refractivity contribution in [3.05, 3.63) is 23.2 Å². The Hall–Kier alpha value is -0.930. The molecule has 1 rings (SSSR count). The average Bonchev–Trinajstić information content (AvgIpc) is 2.20. The van der Waals surface area contributed by atoms with Crippen LogP contribution >= 0.6 is 11.6 Å². The van der Waals surface area contributed by atoms with Crippen molar-refractivity contribution in [2.24, 2.45) is 0 Å². The predicted molar refractivity (Wildman–Crippen MR) is 60.8 cm³/mol. The number of hydrogen-bond acceptors (Lipinski definition) is 3. The van der Waals surface area contributed by atoms with Gasteiger partial charge in [-0.2, -0.15) is 0 Å². The summed E-state index contributed by atoms with van der Waals surface area (Å²) in [7, 11) is 1.67. The Labute approximate surface area is 89.2 Å². The highest BCUT2D eigenvalue weighted by atomic mass is 35.5. The highest BCUT2D eigenvalue weighted by Crippen LogP contribution is 2.26. The number of para-hydroxylation sites is 1. The van der Waals surface area contributed by atoms with Crippen LogP contribution in [0, 0.1) is 0 Å². The van der Waals surface area contributed by atoms with Crippen LogP contribution in [0.3, 0.4) is 0 Å². The Morgan fingerprint density at radius 1 is 1.57 bits per heavy atom. The van der Waals surface area contributed by atoms with Gasteiger partial charge in [-0.1, -0.05) is 17.7 Å². The first-order valence-electron chi connectivity index (χ1n) is 4.45. The van der Waals surface area contributed by atoms with Gasteiger partial charge >= 0.3 is 0 Å². The molecule has 0 aromatic heterocycles. The van der Waals surface area contributed by atoms with E-state index < -0.39 is 0 Å². The molecule has 1 aromatic rings. The van der Waals surface area contributed by atoms with Gasteiger partial charge in [0, 0.05) is 13.7 Å². The third-order valence-electron chi connectivity index (χ3n) is 2.04. The lowest BCUT2D eigenvalue weighted by molar-refractivity contribution is 0.129. The number of methoxy groups -OCH3 is 1. The summed E-state index contributed by atoms with van der Waals surface area (Å²) < 4.78 is 5.11. The summed E-state index contributed by atoms with van der Waals surface area (Å²) in [4.78, 5) is 0. The summed E-state index contributed by atoms with van der Waals surface area (Å²) in [5.41, 5.74) is 7.20. The van der Waals surface area contributed by atoms with Crippen LogP contribution in [-0.4, -0.2) is 19.8 Å². The van der Waals surface area contributed by atoms with E-state index in [4.69, 9.17) is 22.1 Å². The summed E-state index contributed by atoms with van der Waals surface area (Å²) in [6.45, 7) is 2.69. The van der Waals surface area contributed by atoms with Gasteiger partial charge in [-0.3, -0.25) is 0 Å². The molecule has 78 valence electrons. The molecule has 1 aromatic carbocycles. The van der Waals surface area contributed by atoms with Crippen molar-refractivity contribution < 1.29 is 4.74 Å². The SMILES string of the molecule is COC(C)CNc1cccc(Cl)c1N. The molecule has 1 unspecified atom stereocenters. The fraction of sp³-hybridized carbons (Fsp3) is 0.400. The molecule has 14 heavy (non-hydrogen) atoms. The summed E-state index contributed by atoms with van der Waals surface area (Å²) in [5, 5.41) is 3.74. The molecular weight excluding hydrogens is 200 g/mol. The largest absolute Gasteiger partial charge is 0.396 e. The Morgan fingerprint density at radius 2 is 2.29 bits per heavy atom. The number of halogens is 1. The number of anilines is 2. The van der Waals surface area contributed by atoms with Gasteiger partial charge in [-0.15, -0.1) is 0 Å². The third kappa shape index (κ3) is 2.79. The van der Waals surface area contributed by atoms with Crippen molar-refractivity contribution in [3.63, 3.8) is 0 Å². The number of hydrogen-bond donors (Lipinski definition) is 2. The number of ether oxygens (including phenoxy) is 1. The van der Waals surface area contributed by atoms with E-state index in [-0.39, 0.29) is 6.10 Å². The van der Waals surface area contributed by atoms with Crippen LogP contribution < -0.4 is 11.1 Å². The third-order valence-corrected chi connectivity index (χ3v) is 2.36. The summed E-state index contributed by atoms with van der Waals surface area (Å²) in [5.74, 6) is 0. The number of benzene rings is 1. The predicted octanol–water partition coefficient (Wildman–Crippen LogP) is 2.37. The van der Waals surface area contributed by atoms with Gasteiger partial charge in [0.05, 0.1) is 22.5 Å². The fourth-order valence-corrected chi connectivity index (χ4v) is 1.20. The second kappa shape index (κ2) is 5.08. The Kier molecular flexibility index (Phi) is 4.04. The maximum atomic E-state index is 5.87. The van der Waals surface area contributed by atoms with Crippen LogP contribution in [0.5, 0.6) is 0 Å². The molecule has 4 heteroatoms. The maximum absolute atomic E-state index is 5.87. The van der Waals surface area contributed by atoms with Gasteiger partial charge in [0.1, 0.15) is 0 Å². The van der Waals surface area contributed by atoms with Gasteiger partial charge < -0.3 is 15.8 Å². The van der Waals surface area contributed by atoms with Crippen LogP contribution in [-0.2, 0) is 4.74 Å². The quantitative estimate of drug-likeness (QED) is 0.757. The molecule has 1 atom stereocenters. The van der Waals surface area contributed by atoms with E-state index in [1.165, 1.54) is 0 Å². The maximum Gasteiger partial charge on any atom is 0.0739 e. The first kappa shape index (κ1) is 11.1.